The van der Waals surface area contributed by atoms with Crippen LogP contribution in [0.4, 0.5) is 0 Å². The lowest BCUT2D eigenvalue weighted by Gasteiger charge is -2.43. The summed E-state index contributed by atoms with van der Waals surface area (Å²) in [4.78, 5) is 12.1. The smallest absolute Gasteiger partial charge is 0.261 e. The average molecular weight is 445 g/mol. The van der Waals surface area contributed by atoms with Crippen LogP contribution in [0.1, 0.15) is 20.8 Å². The number of benzene rings is 2. The van der Waals surface area contributed by atoms with Gasteiger partial charge in [0.05, 0.1) is 26.4 Å². The molecule has 0 aliphatic rings. The van der Waals surface area contributed by atoms with Crippen LogP contribution in [0.25, 0.3) is 0 Å². The predicted octanol–water partition coefficient (Wildman–Crippen LogP) is 1.67. The molecule has 170 valence electrons. The average Bonchev–Trinajstić information content (AvgIpc) is 2.76. The number of ether oxygens (including phenoxy) is 2. The third kappa shape index (κ3) is 7.26. The van der Waals surface area contributed by atoms with E-state index >= 15 is 0 Å². The quantitative estimate of drug-likeness (QED) is 0.363. The van der Waals surface area contributed by atoms with Gasteiger partial charge in [-0.15, -0.1) is 0 Å². The van der Waals surface area contributed by atoms with Crippen LogP contribution in [-0.4, -0.2) is 60.3 Å². The molecular weight excluding hydrogens is 408 g/mol. The summed E-state index contributed by atoms with van der Waals surface area (Å²) in [5.41, 5.74) is 5.35. The van der Waals surface area contributed by atoms with E-state index < -0.39 is 8.32 Å². The Hall–Kier alpha value is -2.03. The number of hydrogen-bond donors (Lipinski definition) is 2. The van der Waals surface area contributed by atoms with E-state index in [2.05, 4.69) is 74.6 Å². The second kappa shape index (κ2) is 12.7. The van der Waals surface area contributed by atoms with Gasteiger partial charge in [0.2, 0.25) is 5.91 Å². The van der Waals surface area contributed by atoms with Crippen molar-refractivity contribution in [3.8, 4) is 0 Å². The fourth-order valence-electron chi connectivity index (χ4n) is 3.68. The minimum Gasteiger partial charge on any atom is -0.406 e. The van der Waals surface area contributed by atoms with E-state index in [-0.39, 0.29) is 17.6 Å². The zero-order valence-corrected chi connectivity index (χ0v) is 19.9. The summed E-state index contributed by atoms with van der Waals surface area (Å²) in [6, 6.07) is 20.9. The van der Waals surface area contributed by atoms with E-state index in [1.165, 1.54) is 10.4 Å². The van der Waals surface area contributed by atoms with Crippen LogP contribution < -0.4 is 21.4 Å². The van der Waals surface area contributed by atoms with Crippen molar-refractivity contribution < 1.29 is 18.7 Å². The standard InChI is InChI=1S/C24H36N2O4Si/c1-24(2,3)31(21-10-6-4-7-11-21,22-12-8-5-9-13-22)30-17-15-26-23(27)20-29-19-18-28-16-14-25/h4-13H,14-20,25H2,1-3H3,(H,26,27). The third-order valence-corrected chi connectivity index (χ3v) is 10.1. The van der Waals surface area contributed by atoms with Crippen LogP contribution in [-0.2, 0) is 18.7 Å². The van der Waals surface area contributed by atoms with E-state index in [1.54, 1.807) is 0 Å². The van der Waals surface area contributed by atoms with E-state index in [9.17, 15) is 4.79 Å². The molecule has 2 aromatic carbocycles. The summed E-state index contributed by atoms with van der Waals surface area (Å²) < 4.78 is 17.3. The molecule has 1 amide bonds. The normalized spacial score (nSPS) is 12.0. The van der Waals surface area contributed by atoms with Gasteiger partial charge in [-0.2, -0.15) is 0 Å². The second-order valence-electron chi connectivity index (χ2n) is 8.32. The summed E-state index contributed by atoms with van der Waals surface area (Å²) in [5.74, 6) is -0.162. The highest BCUT2D eigenvalue weighted by Crippen LogP contribution is 2.36. The highest BCUT2D eigenvalue weighted by atomic mass is 28.4. The van der Waals surface area contributed by atoms with Gasteiger partial charge in [-0.25, -0.2) is 0 Å². The Morgan fingerprint density at radius 2 is 1.42 bits per heavy atom. The van der Waals surface area contributed by atoms with Gasteiger partial charge >= 0.3 is 0 Å². The molecule has 0 aliphatic heterocycles. The van der Waals surface area contributed by atoms with Crippen molar-refractivity contribution in [2.45, 2.75) is 25.8 Å². The summed E-state index contributed by atoms with van der Waals surface area (Å²) >= 11 is 0. The number of carbonyl (C=O) groups is 1. The van der Waals surface area contributed by atoms with Crippen molar-refractivity contribution in [1.29, 1.82) is 0 Å². The number of amides is 1. The lowest BCUT2D eigenvalue weighted by molar-refractivity contribution is -0.126. The van der Waals surface area contributed by atoms with E-state index in [4.69, 9.17) is 19.6 Å². The maximum atomic E-state index is 12.1. The fraction of sp³-hybridized carbons (Fsp3) is 0.458. The highest BCUT2D eigenvalue weighted by molar-refractivity contribution is 6.99. The summed E-state index contributed by atoms with van der Waals surface area (Å²) in [6.07, 6.45) is 0. The molecule has 3 N–H and O–H groups in total. The number of rotatable bonds is 13. The van der Waals surface area contributed by atoms with Crippen LogP contribution in [0.5, 0.6) is 0 Å². The van der Waals surface area contributed by atoms with Gasteiger partial charge in [-0.3, -0.25) is 4.79 Å². The lowest BCUT2D eigenvalue weighted by atomic mass is 10.2. The number of nitrogens with one attached hydrogen (secondary N) is 1. The first-order valence-corrected chi connectivity index (χ1v) is 12.7. The summed E-state index contributed by atoms with van der Waals surface area (Å²) in [7, 11) is -2.57. The molecule has 0 fully saturated rings. The Balaban J connectivity index is 2.00. The topological polar surface area (TPSA) is 82.8 Å². The Labute approximate surface area is 187 Å². The van der Waals surface area contributed by atoms with E-state index in [1.807, 2.05) is 12.1 Å². The molecule has 0 unspecified atom stereocenters. The Kier molecular flexibility index (Phi) is 10.4. The maximum absolute atomic E-state index is 12.1. The van der Waals surface area contributed by atoms with Crippen molar-refractivity contribution in [2.24, 2.45) is 5.73 Å². The lowest BCUT2D eigenvalue weighted by Crippen LogP contribution is -2.67. The first-order valence-electron chi connectivity index (χ1n) is 10.8. The monoisotopic (exact) mass is 444 g/mol. The van der Waals surface area contributed by atoms with Crippen LogP contribution in [0.15, 0.2) is 60.7 Å². The SMILES string of the molecule is CC(C)(C)[Si](OCCNC(=O)COCCOCCN)(c1ccccc1)c1ccccc1. The molecule has 0 aliphatic carbocycles. The van der Waals surface area contributed by atoms with Gasteiger partial charge in [0.25, 0.3) is 8.32 Å². The zero-order valence-electron chi connectivity index (χ0n) is 18.9. The van der Waals surface area contributed by atoms with Gasteiger partial charge in [0.15, 0.2) is 0 Å². The molecule has 0 bridgehead atoms. The third-order valence-electron chi connectivity index (χ3n) is 5.03. The molecule has 0 heterocycles. The van der Waals surface area contributed by atoms with Gasteiger partial charge in [0.1, 0.15) is 6.61 Å². The van der Waals surface area contributed by atoms with Crippen LogP contribution >= 0.6 is 0 Å². The van der Waals surface area contributed by atoms with Gasteiger partial charge in [-0.05, 0) is 15.4 Å². The predicted molar refractivity (Wildman–Crippen MR) is 127 cm³/mol. The molecule has 0 atom stereocenters. The molecular formula is C24H36N2O4Si. The number of hydrogen-bond acceptors (Lipinski definition) is 5. The van der Waals surface area contributed by atoms with Crippen molar-refractivity contribution in [1.82, 2.24) is 5.32 Å². The van der Waals surface area contributed by atoms with Gasteiger partial charge < -0.3 is 25.0 Å². The molecule has 31 heavy (non-hydrogen) atoms. The first-order chi connectivity index (χ1) is 14.9. The van der Waals surface area contributed by atoms with Gasteiger partial charge in [-0.1, -0.05) is 81.4 Å². The molecule has 0 radical (unpaired) electrons. The van der Waals surface area contributed by atoms with E-state index in [0.717, 1.165) is 0 Å². The fourth-order valence-corrected chi connectivity index (χ4v) is 8.24. The van der Waals surface area contributed by atoms with Crippen LogP contribution in [0, 0.1) is 0 Å². The second-order valence-corrected chi connectivity index (χ2v) is 12.6. The minimum absolute atomic E-state index is 0.00516. The minimum atomic E-state index is -2.57. The maximum Gasteiger partial charge on any atom is 0.261 e. The largest absolute Gasteiger partial charge is 0.406 e. The van der Waals surface area contributed by atoms with E-state index in [0.29, 0.717) is 39.5 Å². The van der Waals surface area contributed by atoms with Gasteiger partial charge in [0, 0.05) is 13.1 Å². The van der Waals surface area contributed by atoms with Crippen molar-refractivity contribution in [2.75, 3.05) is 46.1 Å². The van der Waals surface area contributed by atoms with Crippen molar-refractivity contribution >= 4 is 24.6 Å². The summed E-state index contributed by atoms with van der Waals surface area (Å²) in [5, 5.41) is 5.24. The number of nitrogens with two attached hydrogens (primary N) is 1. The van der Waals surface area contributed by atoms with Crippen LogP contribution in [0.3, 0.4) is 0 Å². The van der Waals surface area contributed by atoms with Crippen LogP contribution in [0.2, 0.25) is 5.04 Å². The molecule has 2 rings (SSSR count). The molecule has 0 aromatic heterocycles. The highest BCUT2D eigenvalue weighted by Gasteiger charge is 2.49. The Morgan fingerprint density at radius 1 is 0.871 bits per heavy atom. The van der Waals surface area contributed by atoms with Crippen molar-refractivity contribution in [3.63, 3.8) is 0 Å². The van der Waals surface area contributed by atoms with Crippen molar-refractivity contribution in [3.05, 3.63) is 60.7 Å². The zero-order chi connectivity index (χ0) is 22.6. The summed E-state index contributed by atoms with van der Waals surface area (Å²) in [6.45, 7) is 9.34. The molecule has 0 spiro atoms. The Morgan fingerprint density at radius 3 is 1.94 bits per heavy atom. The molecule has 7 heteroatoms. The molecule has 6 nitrogen and oxygen atoms in total. The molecule has 2 aromatic rings. The number of carbonyl (C=O) groups excluding carboxylic acids is 1. The first kappa shape index (κ1) is 25.2. The molecule has 0 saturated heterocycles. The Bertz CT molecular complexity index is 727. The molecule has 0 saturated carbocycles.